The first-order valence-corrected chi connectivity index (χ1v) is 8.87. The van der Waals surface area contributed by atoms with Gasteiger partial charge in [0.2, 0.25) is 5.95 Å². The molecule has 26 heavy (non-hydrogen) atoms. The van der Waals surface area contributed by atoms with Crippen LogP contribution in [-0.2, 0) is 0 Å². The highest BCUT2D eigenvalue weighted by Crippen LogP contribution is 2.38. The summed E-state index contributed by atoms with van der Waals surface area (Å²) in [5.41, 5.74) is 1.65. The molecular formula is C18H23N7O. The first-order valence-electron chi connectivity index (χ1n) is 8.87. The number of amides is 1. The SMILES string of the molecule is C[C@H](Nc1ncc(C(=O)N2CCC3(CN(C)C3)C2)cn1)c1cnccn1. The number of rotatable bonds is 4. The maximum Gasteiger partial charge on any atom is 0.257 e. The zero-order valence-corrected chi connectivity index (χ0v) is 15.1. The number of aromatic nitrogens is 4. The van der Waals surface area contributed by atoms with Gasteiger partial charge in [0.15, 0.2) is 0 Å². The van der Waals surface area contributed by atoms with Crippen LogP contribution in [0.1, 0.15) is 35.4 Å². The minimum absolute atomic E-state index is 0.0185. The van der Waals surface area contributed by atoms with Gasteiger partial charge in [0.25, 0.3) is 5.91 Å². The molecule has 0 unspecified atom stereocenters. The lowest BCUT2D eigenvalue weighted by molar-refractivity contribution is 0.0293. The Kier molecular flexibility index (Phi) is 4.28. The van der Waals surface area contributed by atoms with Gasteiger partial charge in [-0.1, -0.05) is 0 Å². The zero-order chi connectivity index (χ0) is 18.1. The molecule has 2 aliphatic heterocycles. The monoisotopic (exact) mass is 353 g/mol. The topological polar surface area (TPSA) is 87.1 Å². The Bertz CT molecular complexity index is 774. The summed E-state index contributed by atoms with van der Waals surface area (Å²) in [6.07, 6.45) is 9.27. The normalized spacial score (nSPS) is 20.0. The van der Waals surface area contributed by atoms with Crippen molar-refractivity contribution >= 4 is 11.9 Å². The van der Waals surface area contributed by atoms with E-state index in [2.05, 4.69) is 37.2 Å². The van der Waals surface area contributed by atoms with E-state index in [1.54, 1.807) is 31.0 Å². The maximum atomic E-state index is 12.7. The van der Waals surface area contributed by atoms with Crippen molar-refractivity contribution in [1.29, 1.82) is 0 Å². The van der Waals surface area contributed by atoms with Gasteiger partial charge in [0, 0.05) is 56.4 Å². The molecule has 2 aromatic rings. The molecular weight excluding hydrogens is 330 g/mol. The van der Waals surface area contributed by atoms with Crippen LogP contribution >= 0.6 is 0 Å². The molecule has 4 rings (SSSR count). The largest absolute Gasteiger partial charge is 0.346 e. The molecule has 4 heterocycles. The van der Waals surface area contributed by atoms with E-state index in [4.69, 9.17) is 0 Å². The average molecular weight is 353 g/mol. The molecule has 8 heteroatoms. The van der Waals surface area contributed by atoms with Crippen molar-refractivity contribution < 1.29 is 4.79 Å². The minimum Gasteiger partial charge on any atom is -0.346 e. The van der Waals surface area contributed by atoms with Crippen molar-refractivity contribution in [2.45, 2.75) is 19.4 Å². The van der Waals surface area contributed by atoms with E-state index in [1.807, 2.05) is 11.8 Å². The zero-order valence-electron chi connectivity index (χ0n) is 15.1. The van der Waals surface area contributed by atoms with Crippen LogP contribution in [0.2, 0.25) is 0 Å². The quantitative estimate of drug-likeness (QED) is 0.884. The lowest BCUT2D eigenvalue weighted by Gasteiger charge is -2.46. The standard InChI is InChI=1S/C18H23N7O/c1-13(15-9-19-4-5-20-15)23-17-21-7-14(8-22-17)16(26)25-6-3-18(12-25)10-24(2)11-18/h4-5,7-9,13H,3,6,10-12H2,1-2H3,(H,21,22,23)/t13-/m0/s1. The fourth-order valence-electron chi connectivity index (χ4n) is 3.96. The van der Waals surface area contributed by atoms with Gasteiger partial charge in [0.05, 0.1) is 23.5 Å². The van der Waals surface area contributed by atoms with Gasteiger partial charge in [-0.05, 0) is 20.4 Å². The summed E-state index contributed by atoms with van der Waals surface area (Å²) in [6.45, 7) is 5.77. The Morgan fingerprint density at radius 3 is 2.58 bits per heavy atom. The molecule has 0 saturated carbocycles. The lowest BCUT2D eigenvalue weighted by atomic mass is 9.79. The van der Waals surface area contributed by atoms with E-state index in [0.29, 0.717) is 16.9 Å². The van der Waals surface area contributed by atoms with Crippen molar-refractivity contribution in [2.24, 2.45) is 5.41 Å². The van der Waals surface area contributed by atoms with E-state index < -0.39 is 0 Å². The van der Waals surface area contributed by atoms with E-state index in [1.165, 1.54) is 0 Å². The van der Waals surface area contributed by atoms with Crippen molar-refractivity contribution in [3.8, 4) is 0 Å². The van der Waals surface area contributed by atoms with E-state index >= 15 is 0 Å². The molecule has 136 valence electrons. The van der Waals surface area contributed by atoms with Crippen molar-refractivity contribution in [3.63, 3.8) is 0 Å². The van der Waals surface area contributed by atoms with E-state index in [-0.39, 0.29) is 11.9 Å². The van der Waals surface area contributed by atoms with Gasteiger partial charge in [-0.25, -0.2) is 9.97 Å². The Balaban J connectivity index is 1.38. The highest BCUT2D eigenvalue weighted by atomic mass is 16.2. The first-order chi connectivity index (χ1) is 12.5. The summed E-state index contributed by atoms with van der Waals surface area (Å²) in [6, 6.07) is -0.0701. The van der Waals surface area contributed by atoms with Gasteiger partial charge in [-0.2, -0.15) is 0 Å². The van der Waals surface area contributed by atoms with Gasteiger partial charge in [-0.15, -0.1) is 0 Å². The minimum atomic E-state index is -0.0701. The number of anilines is 1. The van der Waals surface area contributed by atoms with Crippen LogP contribution in [0.25, 0.3) is 0 Å². The van der Waals surface area contributed by atoms with Gasteiger partial charge >= 0.3 is 0 Å². The van der Waals surface area contributed by atoms with E-state index in [0.717, 1.165) is 38.3 Å². The average Bonchev–Trinajstić information content (AvgIpc) is 3.07. The summed E-state index contributed by atoms with van der Waals surface area (Å²) < 4.78 is 0. The Morgan fingerprint density at radius 1 is 1.15 bits per heavy atom. The summed E-state index contributed by atoms with van der Waals surface area (Å²) in [7, 11) is 2.12. The number of carbonyl (C=O) groups excluding carboxylic acids is 1. The number of nitrogens with one attached hydrogen (secondary N) is 1. The molecule has 8 nitrogen and oxygen atoms in total. The first kappa shape index (κ1) is 16.8. The summed E-state index contributed by atoms with van der Waals surface area (Å²) in [5, 5.41) is 3.17. The van der Waals surface area contributed by atoms with E-state index in [9.17, 15) is 4.79 Å². The molecule has 0 bridgehead atoms. The van der Waals surface area contributed by atoms with Crippen LogP contribution in [0.15, 0.2) is 31.0 Å². The summed E-state index contributed by atoms with van der Waals surface area (Å²) in [4.78, 5) is 33.8. The molecule has 2 aliphatic rings. The van der Waals surface area contributed by atoms with Gasteiger partial charge < -0.3 is 15.1 Å². The van der Waals surface area contributed by atoms with Crippen molar-refractivity contribution in [1.82, 2.24) is 29.7 Å². The molecule has 1 spiro atoms. The molecule has 2 saturated heterocycles. The smallest absolute Gasteiger partial charge is 0.257 e. The Labute approximate surface area is 152 Å². The number of nitrogens with zero attached hydrogens (tertiary/aromatic N) is 6. The third kappa shape index (κ3) is 3.24. The van der Waals surface area contributed by atoms with Crippen LogP contribution in [0.4, 0.5) is 5.95 Å². The lowest BCUT2D eigenvalue weighted by Crippen LogP contribution is -2.55. The molecule has 2 fully saturated rings. The van der Waals surface area contributed by atoms with Crippen molar-refractivity contribution in [2.75, 3.05) is 38.5 Å². The number of hydrogen-bond acceptors (Lipinski definition) is 7. The third-order valence-electron chi connectivity index (χ3n) is 5.21. The summed E-state index contributed by atoms with van der Waals surface area (Å²) in [5.74, 6) is 0.489. The predicted molar refractivity (Wildman–Crippen MR) is 96.6 cm³/mol. The fraction of sp³-hybridized carbons (Fsp3) is 0.500. The van der Waals surface area contributed by atoms with Crippen LogP contribution in [-0.4, -0.2) is 68.9 Å². The Morgan fingerprint density at radius 2 is 1.92 bits per heavy atom. The summed E-state index contributed by atoms with van der Waals surface area (Å²) >= 11 is 0. The highest BCUT2D eigenvalue weighted by Gasteiger charge is 2.47. The molecule has 0 aliphatic carbocycles. The second-order valence-corrected chi connectivity index (χ2v) is 7.44. The molecule has 0 radical (unpaired) electrons. The second kappa shape index (κ2) is 6.60. The number of hydrogen-bond donors (Lipinski definition) is 1. The van der Waals surface area contributed by atoms with Crippen molar-refractivity contribution in [3.05, 3.63) is 42.2 Å². The highest BCUT2D eigenvalue weighted by molar-refractivity contribution is 5.94. The Hall–Kier alpha value is -2.61. The number of carbonyl (C=O) groups is 1. The maximum absolute atomic E-state index is 12.7. The third-order valence-corrected chi connectivity index (χ3v) is 5.21. The van der Waals surface area contributed by atoms with Gasteiger partial charge in [-0.3, -0.25) is 14.8 Å². The van der Waals surface area contributed by atoms with Crippen LogP contribution in [0.5, 0.6) is 0 Å². The number of likely N-dealkylation sites (tertiary alicyclic amines) is 2. The molecule has 0 aromatic carbocycles. The second-order valence-electron chi connectivity index (χ2n) is 7.44. The molecule has 1 atom stereocenters. The predicted octanol–water partition coefficient (Wildman–Crippen LogP) is 1.22. The van der Waals surface area contributed by atoms with Crippen LogP contribution < -0.4 is 5.32 Å². The van der Waals surface area contributed by atoms with Gasteiger partial charge in [0.1, 0.15) is 0 Å². The fourth-order valence-corrected chi connectivity index (χ4v) is 3.96. The molecule has 1 N–H and O–H groups in total. The van der Waals surface area contributed by atoms with Crippen LogP contribution in [0, 0.1) is 5.41 Å². The molecule has 2 aromatic heterocycles. The van der Waals surface area contributed by atoms with Crippen LogP contribution in [0.3, 0.4) is 0 Å². The molecule has 1 amide bonds.